The number of aryl methyl sites for hydroxylation is 1. The maximum absolute atomic E-state index is 13.5. The number of hydrogen-bond acceptors (Lipinski definition) is 7. The number of para-hydroxylation sites is 1. The summed E-state index contributed by atoms with van der Waals surface area (Å²) >= 11 is 0. The van der Waals surface area contributed by atoms with Crippen LogP contribution in [0.5, 0.6) is 5.75 Å². The molecule has 1 aromatic carbocycles. The zero-order valence-corrected chi connectivity index (χ0v) is 21.9. The summed E-state index contributed by atoms with van der Waals surface area (Å²) in [5.74, 6) is -2.05. The van der Waals surface area contributed by atoms with Gasteiger partial charge in [-0.25, -0.2) is 4.79 Å². The van der Waals surface area contributed by atoms with Crippen LogP contribution in [0.3, 0.4) is 0 Å². The van der Waals surface area contributed by atoms with Crippen LogP contribution in [0, 0.1) is 12.8 Å². The maximum atomic E-state index is 13.5. The van der Waals surface area contributed by atoms with Gasteiger partial charge in [0, 0.05) is 19.2 Å². The lowest BCUT2D eigenvalue weighted by Crippen LogP contribution is -2.53. The molecule has 196 valence electrons. The Balaban J connectivity index is 3.23. The van der Waals surface area contributed by atoms with Crippen LogP contribution in [0.4, 0.5) is 4.79 Å². The fraction of sp³-hybridized carbons (Fsp3) is 0.600. The molecule has 10 heteroatoms. The van der Waals surface area contributed by atoms with Crippen LogP contribution in [0.1, 0.15) is 65.1 Å². The molecular formula is C25H39N3O7. The molecule has 0 aliphatic rings. The number of nitrogens with zero attached hydrogens (tertiary/aromatic N) is 1. The Morgan fingerprint density at radius 3 is 2.31 bits per heavy atom. The van der Waals surface area contributed by atoms with Gasteiger partial charge in [-0.1, -0.05) is 32.0 Å². The third kappa shape index (κ3) is 9.11. The molecule has 2 unspecified atom stereocenters. The summed E-state index contributed by atoms with van der Waals surface area (Å²) in [6.45, 7) is 12.2. The van der Waals surface area contributed by atoms with Crippen LogP contribution >= 0.6 is 0 Å². The first-order chi connectivity index (χ1) is 16.2. The van der Waals surface area contributed by atoms with Gasteiger partial charge < -0.3 is 30.1 Å². The Morgan fingerprint density at radius 1 is 1.14 bits per heavy atom. The van der Waals surface area contributed by atoms with Crippen molar-refractivity contribution in [3.05, 3.63) is 29.3 Å². The highest BCUT2D eigenvalue weighted by molar-refractivity contribution is 5.92. The van der Waals surface area contributed by atoms with Gasteiger partial charge in [0.1, 0.15) is 23.4 Å². The van der Waals surface area contributed by atoms with Crippen molar-refractivity contribution in [2.45, 2.75) is 72.6 Å². The van der Waals surface area contributed by atoms with E-state index < -0.39 is 41.6 Å². The van der Waals surface area contributed by atoms with Crippen LogP contribution < -0.4 is 10.6 Å². The Morgan fingerprint density at radius 2 is 1.77 bits per heavy atom. The largest absolute Gasteiger partial charge is 0.507 e. The fourth-order valence-corrected chi connectivity index (χ4v) is 3.34. The first-order valence-electron chi connectivity index (χ1n) is 11.7. The number of carbonyl (C=O) groups excluding carboxylic acids is 4. The lowest BCUT2D eigenvalue weighted by atomic mass is 9.97. The summed E-state index contributed by atoms with van der Waals surface area (Å²) in [6.07, 6.45) is -0.801. The molecule has 0 saturated heterocycles. The van der Waals surface area contributed by atoms with E-state index in [4.69, 9.17) is 9.47 Å². The van der Waals surface area contributed by atoms with Crippen LogP contribution in [0.15, 0.2) is 18.2 Å². The molecule has 35 heavy (non-hydrogen) atoms. The van der Waals surface area contributed by atoms with Crippen molar-refractivity contribution in [2.24, 2.45) is 5.92 Å². The second-order valence-corrected chi connectivity index (χ2v) is 9.58. The molecule has 1 aromatic rings. The molecule has 2 atom stereocenters. The predicted molar refractivity (Wildman–Crippen MR) is 131 cm³/mol. The molecule has 0 saturated carbocycles. The third-order valence-corrected chi connectivity index (χ3v) is 5.09. The Labute approximate surface area is 207 Å². The van der Waals surface area contributed by atoms with Gasteiger partial charge in [-0.15, -0.1) is 0 Å². The van der Waals surface area contributed by atoms with Crippen molar-refractivity contribution in [1.82, 2.24) is 15.5 Å². The van der Waals surface area contributed by atoms with Crippen LogP contribution in [0.2, 0.25) is 0 Å². The Kier molecular flexibility index (Phi) is 11.0. The van der Waals surface area contributed by atoms with E-state index in [0.717, 1.165) is 0 Å². The molecule has 1 rings (SSSR count). The van der Waals surface area contributed by atoms with E-state index in [9.17, 15) is 24.3 Å². The first kappa shape index (κ1) is 29.7. The number of likely N-dealkylation sites (N-methyl/N-ethyl adjacent to an activating group) is 1. The van der Waals surface area contributed by atoms with Crippen molar-refractivity contribution in [3.63, 3.8) is 0 Å². The molecule has 0 aromatic heterocycles. The lowest BCUT2D eigenvalue weighted by molar-refractivity contribution is -0.144. The molecule has 0 radical (unpaired) electrons. The highest BCUT2D eigenvalue weighted by Crippen LogP contribution is 2.31. The number of aromatic hydroxyl groups is 1. The minimum atomic E-state index is -1.22. The number of amides is 3. The highest BCUT2D eigenvalue weighted by Gasteiger charge is 2.36. The molecule has 0 heterocycles. The average Bonchev–Trinajstić information content (AvgIpc) is 2.73. The van der Waals surface area contributed by atoms with E-state index in [0.29, 0.717) is 5.56 Å². The van der Waals surface area contributed by atoms with Gasteiger partial charge in [0.2, 0.25) is 11.8 Å². The fourth-order valence-electron chi connectivity index (χ4n) is 3.34. The molecule has 3 N–H and O–H groups in total. The lowest BCUT2D eigenvalue weighted by Gasteiger charge is -2.33. The van der Waals surface area contributed by atoms with Gasteiger partial charge in [-0.3, -0.25) is 14.4 Å². The van der Waals surface area contributed by atoms with E-state index in [1.165, 1.54) is 11.9 Å². The number of esters is 1. The van der Waals surface area contributed by atoms with E-state index in [1.807, 2.05) is 0 Å². The monoisotopic (exact) mass is 493 g/mol. The van der Waals surface area contributed by atoms with Crippen LogP contribution in [-0.2, 0) is 23.9 Å². The van der Waals surface area contributed by atoms with Gasteiger partial charge >= 0.3 is 12.1 Å². The number of phenolic OH excluding ortho intramolecular Hbond substituents is 1. The van der Waals surface area contributed by atoms with E-state index in [1.54, 1.807) is 66.7 Å². The average molecular weight is 494 g/mol. The van der Waals surface area contributed by atoms with Crippen molar-refractivity contribution >= 4 is 23.9 Å². The smallest absolute Gasteiger partial charge is 0.408 e. The second-order valence-electron chi connectivity index (χ2n) is 9.58. The third-order valence-electron chi connectivity index (χ3n) is 5.09. The van der Waals surface area contributed by atoms with Crippen molar-refractivity contribution in [1.29, 1.82) is 0 Å². The van der Waals surface area contributed by atoms with Gasteiger partial charge in [-0.2, -0.15) is 0 Å². The standard InChI is InChI=1S/C25H39N3O7/c1-9-34-18(29)13-14-26-22(31)20(17-12-10-11-16(4)21(17)30)28(8)23(32)19(15(2)3)27-24(33)35-25(5,6)7/h10-12,15,19-20,30H,9,13-14H2,1-8H3,(H,26,31)(H,27,33). The minimum absolute atomic E-state index is 0.00740. The highest BCUT2D eigenvalue weighted by atomic mass is 16.6. The molecule has 0 fully saturated rings. The van der Waals surface area contributed by atoms with Gasteiger partial charge in [0.05, 0.1) is 13.0 Å². The molecule has 0 bridgehead atoms. The molecule has 0 aliphatic carbocycles. The summed E-state index contributed by atoms with van der Waals surface area (Å²) in [6, 6.07) is 2.69. The SMILES string of the molecule is CCOC(=O)CCNC(=O)C(c1cccc(C)c1O)N(C)C(=O)C(NC(=O)OC(C)(C)C)C(C)C. The number of phenols is 1. The number of hydrogen-bond donors (Lipinski definition) is 3. The number of carbonyl (C=O) groups is 4. The summed E-state index contributed by atoms with van der Waals surface area (Å²) in [4.78, 5) is 51.9. The number of nitrogens with one attached hydrogen (secondary N) is 2. The van der Waals surface area contributed by atoms with E-state index in [-0.39, 0.29) is 36.8 Å². The molecule has 0 spiro atoms. The molecule has 3 amide bonds. The summed E-state index contributed by atoms with van der Waals surface area (Å²) < 4.78 is 10.2. The Hall–Kier alpha value is -3.30. The topological polar surface area (TPSA) is 134 Å². The van der Waals surface area contributed by atoms with Gasteiger partial charge in [-0.05, 0) is 46.1 Å². The van der Waals surface area contributed by atoms with Gasteiger partial charge in [0.25, 0.3) is 0 Å². The summed E-state index contributed by atoms with van der Waals surface area (Å²) in [5.41, 5.74) is -0.0100. The van der Waals surface area contributed by atoms with Crippen molar-refractivity contribution in [3.8, 4) is 5.75 Å². The summed E-state index contributed by atoms with van der Waals surface area (Å²) in [7, 11) is 1.42. The van der Waals surface area contributed by atoms with E-state index in [2.05, 4.69) is 10.6 Å². The quantitative estimate of drug-likeness (QED) is 0.427. The summed E-state index contributed by atoms with van der Waals surface area (Å²) in [5, 5.41) is 15.9. The molecular weight excluding hydrogens is 454 g/mol. The number of alkyl carbamates (subject to hydrolysis) is 1. The zero-order valence-electron chi connectivity index (χ0n) is 21.9. The molecule has 10 nitrogen and oxygen atoms in total. The van der Waals surface area contributed by atoms with Crippen LogP contribution in [-0.4, -0.2) is 65.7 Å². The van der Waals surface area contributed by atoms with E-state index >= 15 is 0 Å². The number of rotatable bonds is 10. The minimum Gasteiger partial charge on any atom is -0.507 e. The van der Waals surface area contributed by atoms with Gasteiger partial charge in [0.15, 0.2) is 0 Å². The van der Waals surface area contributed by atoms with Crippen LogP contribution in [0.25, 0.3) is 0 Å². The van der Waals surface area contributed by atoms with Crippen molar-refractivity contribution in [2.75, 3.05) is 20.2 Å². The molecule has 0 aliphatic heterocycles. The normalized spacial score (nSPS) is 12.9. The zero-order chi connectivity index (χ0) is 26.9. The number of benzene rings is 1. The predicted octanol–water partition coefficient (Wildman–Crippen LogP) is 2.82. The first-order valence-corrected chi connectivity index (χ1v) is 11.7. The maximum Gasteiger partial charge on any atom is 0.408 e. The second kappa shape index (κ2) is 13.0. The number of ether oxygens (including phenoxy) is 2. The van der Waals surface area contributed by atoms with Crippen molar-refractivity contribution < 1.29 is 33.8 Å². The Bertz CT molecular complexity index is 909.